The Balaban J connectivity index is 1.26. The number of piperazine rings is 1. The van der Waals surface area contributed by atoms with Crippen LogP contribution in [0.15, 0.2) is 79.0 Å². The lowest BCUT2D eigenvalue weighted by Gasteiger charge is -2.36. The second-order valence-electron chi connectivity index (χ2n) is 7.32. The molecule has 0 aliphatic carbocycles. The smallest absolute Gasteiger partial charge is 0.321 e. The molecule has 158 valence electrons. The van der Waals surface area contributed by atoms with Crippen LogP contribution in [-0.2, 0) is 6.54 Å². The molecule has 2 N–H and O–H groups in total. The number of nitrogens with one attached hydrogen (secondary N) is 2. The maximum atomic E-state index is 12.6. The first-order chi connectivity index (χ1) is 15.2. The Morgan fingerprint density at radius 3 is 2.23 bits per heavy atom. The summed E-state index contributed by atoms with van der Waals surface area (Å²) in [4.78, 5) is 33.2. The number of hydrogen-bond donors (Lipinski definition) is 2. The predicted molar refractivity (Wildman–Crippen MR) is 121 cm³/mol. The fourth-order valence-electron chi connectivity index (χ4n) is 3.49. The zero-order valence-corrected chi connectivity index (χ0v) is 17.2. The molecule has 2 aromatic carbocycles. The van der Waals surface area contributed by atoms with Gasteiger partial charge < -0.3 is 20.4 Å². The Morgan fingerprint density at radius 2 is 1.55 bits per heavy atom. The number of pyridine rings is 1. The van der Waals surface area contributed by atoms with Crippen LogP contribution in [0.25, 0.3) is 0 Å². The van der Waals surface area contributed by atoms with Gasteiger partial charge in [0.15, 0.2) is 0 Å². The first-order valence-electron chi connectivity index (χ1n) is 10.3. The number of benzene rings is 2. The van der Waals surface area contributed by atoms with Gasteiger partial charge in [0.25, 0.3) is 5.91 Å². The molecule has 1 fully saturated rings. The molecule has 3 aromatic rings. The molecule has 31 heavy (non-hydrogen) atoms. The molecule has 2 heterocycles. The third-order valence-corrected chi connectivity index (χ3v) is 5.24. The van der Waals surface area contributed by atoms with Crippen LogP contribution < -0.4 is 15.5 Å². The van der Waals surface area contributed by atoms with E-state index in [1.54, 1.807) is 30.5 Å². The molecular formula is C24H25N5O2. The van der Waals surface area contributed by atoms with Gasteiger partial charge in [-0.15, -0.1) is 0 Å². The van der Waals surface area contributed by atoms with Crippen molar-refractivity contribution in [3.05, 3.63) is 90.3 Å². The number of rotatable bonds is 5. The van der Waals surface area contributed by atoms with Crippen molar-refractivity contribution in [1.82, 2.24) is 15.2 Å². The Labute approximate surface area is 181 Å². The van der Waals surface area contributed by atoms with Crippen LogP contribution in [0.4, 0.5) is 16.2 Å². The second-order valence-corrected chi connectivity index (χ2v) is 7.32. The standard InChI is InChI=1S/C24H25N5O2/c30-23(26-18-21-6-4-5-13-25-21)19-9-11-20(12-10-19)27-24(31)29-16-14-28(15-17-29)22-7-2-1-3-8-22/h1-13H,14-18H2,(H,26,30)(H,27,31). The Kier molecular flexibility index (Phi) is 6.42. The summed E-state index contributed by atoms with van der Waals surface area (Å²) in [5, 5.41) is 5.76. The molecule has 4 rings (SSSR count). The largest absolute Gasteiger partial charge is 0.368 e. The summed E-state index contributed by atoms with van der Waals surface area (Å²) in [5.74, 6) is -0.180. The van der Waals surface area contributed by atoms with Crippen LogP contribution in [0.1, 0.15) is 16.1 Å². The Hall–Kier alpha value is -3.87. The minimum Gasteiger partial charge on any atom is -0.368 e. The molecule has 1 saturated heterocycles. The summed E-state index contributed by atoms with van der Waals surface area (Å²) in [6, 6.07) is 22.6. The van der Waals surface area contributed by atoms with E-state index >= 15 is 0 Å². The van der Waals surface area contributed by atoms with Crippen molar-refractivity contribution in [3.63, 3.8) is 0 Å². The Bertz CT molecular complexity index is 1000. The van der Waals surface area contributed by atoms with Gasteiger partial charge in [-0.2, -0.15) is 0 Å². The van der Waals surface area contributed by atoms with Crippen LogP contribution in [0.2, 0.25) is 0 Å². The number of aromatic nitrogens is 1. The number of hydrogen-bond acceptors (Lipinski definition) is 4. The lowest BCUT2D eigenvalue weighted by atomic mass is 10.2. The van der Waals surface area contributed by atoms with Crippen molar-refractivity contribution in [3.8, 4) is 0 Å². The minimum atomic E-state index is -0.180. The summed E-state index contributed by atoms with van der Waals surface area (Å²) >= 11 is 0. The van der Waals surface area contributed by atoms with Crippen molar-refractivity contribution in [2.24, 2.45) is 0 Å². The highest BCUT2D eigenvalue weighted by Crippen LogP contribution is 2.16. The van der Waals surface area contributed by atoms with Crippen molar-refractivity contribution >= 4 is 23.3 Å². The topological polar surface area (TPSA) is 77.6 Å². The van der Waals surface area contributed by atoms with Crippen molar-refractivity contribution in [2.45, 2.75) is 6.54 Å². The molecule has 0 bridgehead atoms. The first kappa shape index (κ1) is 20.4. The van der Waals surface area contributed by atoms with Gasteiger partial charge >= 0.3 is 6.03 Å². The number of amides is 3. The van der Waals surface area contributed by atoms with Gasteiger partial charge in [0.05, 0.1) is 12.2 Å². The van der Waals surface area contributed by atoms with Gasteiger partial charge in [-0.1, -0.05) is 24.3 Å². The van der Waals surface area contributed by atoms with E-state index in [0.717, 1.165) is 18.8 Å². The van der Waals surface area contributed by atoms with Gasteiger partial charge in [-0.25, -0.2) is 4.79 Å². The first-order valence-corrected chi connectivity index (χ1v) is 10.3. The zero-order valence-electron chi connectivity index (χ0n) is 17.2. The van der Waals surface area contributed by atoms with Crippen LogP contribution in [0.5, 0.6) is 0 Å². The predicted octanol–water partition coefficient (Wildman–Crippen LogP) is 3.37. The van der Waals surface area contributed by atoms with Gasteiger partial charge in [0.1, 0.15) is 0 Å². The maximum absolute atomic E-state index is 12.6. The molecule has 0 atom stereocenters. The SMILES string of the molecule is O=C(NCc1ccccn1)c1ccc(NC(=O)N2CCN(c3ccccc3)CC2)cc1. The summed E-state index contributed by atoms with van der Waals surface area (Å²) in [7, 11) is 0. The van der Waals surface area contributed by atoms with Crippen LogP contribution >= 0.6 is 0 Å². The fourth-order valence-corrected chi connectivity index (χ4v) is 3.49. The van der Waals surface area contributed by atoms with Gasteiger partial charge in [-0.05, 0) is 48.5 Å². The molecule has 1 aliphatic rings. The van der Waals surface area contributed by atoms with E-state index in [1.165, 1.54) is 5.69 Å². The molecule has 7 nitrogen and oxygen atoms in total. The fraction of sp³-hybridized carbons (Fsp3) is 0.208. The lowest BCUT2D eigenvalue weighted by Crippen LogP contribution is -2.50. The number of carbonyl (C=O) groups excluding carboxylic acids is 2. The van der Waals surface area contributed by atoms with E-state index in [4.69, 9.17) is 0 Å². The van der Waals surface area contributed by atoms with E-state index < -0.39 is 0 Å². The molecule has 7 heteroatoms. The maximum Gasteiger partial charge on any atom is 0.321 e. The number of nitrogens with zero attached hydrogens (tertiary/aromatic N) is 3. The summed E-state index contributed by atoms with van der Waals surface area (Å²) in [6.07, 6.45) is 1.69. The third-order valence-electron chi connectivity index (χ3n) is 5.24. The van der Waals surface area contributed by atoms with Gasteiger partial charge in [0.2, 0.25) is 0 Å². The molecule has 3 amide bonds. The Morgan fingerprint density at radius 1 is 0.839 bits per heavy atom. The monoisotopic (exact) mass is 415 g/mol. The quantitative estimate of drug-likeness (QED) is 0.670. The highest BCUT2D eigenvalue weighted by molar-refractivity contribution is 5.95. The zero-order chi connectivity index (χ0) is 21.5. The number of para-hydroxylation sites is 1. The van der Waals surface area contributed by atoms with Crippen LogP contribution in [0, 0.1) is 0 Å². The molecular weight excluding hydrogens is 390 g/mol. The molecule has 0 spiro atoms. The highest BCUT2D eigenvalue weighted by Gasteiger charge is 2.21. The lowest BCUT2D eigenvalue weighted by molar-refractivity contribution is 0.0950. The average molecular weight is 415 g/mol. The van der Waals surface area contributed by atoms with Crippen molar-refractivity contribution in [1.29, 1.82) is 0 Å². The van der Waals surface area contributed by atoms with Crippen molar-refractivity contribution < 1.29 is 9.59 Å². The summed E-state index contributed by atoms with van der Waals surface area (Å²) in [6.45, 7) is 3.29. The summed E-state index contributed by atoms with van der Waals surface area (Å²) < 4.78 is 0. The number of anilines is 2. The van der Waals surface area contributed by atoms with E-state index in [0.29, 0.717) is 30.9 Å². The molecule has 0 unspecified atom stereocenters. The molecule has 1 aliphatic heterocycles. The van der Waals surface area contributed by atoms with E-state index in [9.17, 15) is 9.59 Å². The van der Waals surface area contributed by atoms with Crippen LogP contribution in [-0.4, -0.2) is 48.0 Å². The highest BCUT2D eigenvalue weighted by atomic mass is 16.2. The van der Waals surface area contributed by atoms with Gasteiger partial charge in [-0.3, -0.25) is 9.78 Å². The molecule has 0 saturated carbocycles. The normalized spacial score (nSPS) is 13.5. The number of urea groups is 1. The van der Waals surface area contributed by atoms with E-state index in [2.05, 4.69) is 32.7 Å². The third kappa shape index (κ3) is 5.39. The average Bonchev–Trinajstić information content (AvgIpc) is 2.84. The molecule has 0 radical (unpaired) electrons. The van der Waals surface area contributed by atoms with Crippen molar-refractivity contribution in [2.75, 3.05) is 36.4 Å². The summed E-state index contributed by atoms with van der Waals surface area (Å²) in [5.41, 5.74) is 3.17. The van der Waals surface area contributed by atoms with E-state index in [-0.39, 0.29) is 11.9 Å². The second kappa shape index (κ2) is 9.75. The van der Waals surface area contributed by atoms with E-state index in [1.807, 2.05) is 41.3 Å². The van der Waals surface area contributed by atoms with Crippen LogP contribution in [0.3, 0.4) is 0 Å². The number of carbonyl (C=O) groups is 2. The molecule has 1 aromatic heterocycles. The van der Waals surface area contributed by atoms with Gasteiger partial charge in [0, 0.05) is 49.3 Å². The minimum absolute atomic E-state index is 0.125.